The van der Waals surface area contributed by atoms with E-state index < -0.39 is 0 Å². The molecule has 0 aliphatic heterocycles. The molecule has 18 heavy (non-hydrogen) atoms. The van der Waals surface area contributed by atoms with Crippen molar-refractivity contribution in [3.8, 4) is 0 Å². The van der Waals surface area contributed by atoms with Crippen LogP contribution in [-0.4, -0.2) is 33.4 Å². The van der Waals surface area contributed by atoms with Crippen LogP contribution in [0.15, 0.2) is 18.3 Å². The molecule has 2 rings (SSSR count). The Morgan fingerprint density at radius 2 is 2.17 bits per heavy atom. The number of nitrogens with one attached hydrogen (secondary N) is 1. The van der Waals surface area contributed by atoms with E-state index in [0.717, 1.165) is 11.2 Å². The molecule has 0 atom stereocenters. The van der Waals surface area contributed by atoms with Crippen LogP contribution >= 0.6 is 0 Å². The average Bonchev–Trinajstić information content (AvgIpc) is 2.68. The van der Waals surface area contributed by atoms with Crippen LogP contribution in [0.3, 0.4) is 0 Å². The minimum absolute atomic E-state index is 0.220. The maximum Gasteiger partial charge on any atom is 0.243 e. The van der Waals surface area contributed by atoms with Gasteiger partial charge in [0.05, 0.1) is 5.60 Å². The van der Waals surface area contributed by atoms with Gasteiger partial charge in [-0.3, -0.25) is 0 Å². The quantitative estimate of drug-likeness (QED) is 0.882. The molecule has 0 unspecified atom stereocenters. The van der Waals surface area contributed by atoms with Crippen molar-refractivity contribution in [2.45, 2.75) is 33.3 Å². The Balaban J connectivity index is 2.08. The van der Waals surface area contributed by atoms with Gasteiger partial charge in [0.15, 0.2) is 5.65 Å². The minimum Gasteiger partial charge on any atom is -0.374 e. The molecule has 0 fully saturated rings. The number of hydrogen-bond acceptors (Lipinski definition) is 4. The van der Waals surface area contributed by atoms with E-state index in [4.69, 9.17) is 4.74 Å². The van der Waals surface area contributed by atoms with Crippen LogP contribution in [0.4, 0.5) is 5.95 Å². The van der Waals surface area contributed by atoms with Gasteiger partial charge in [-0.15, -0.1) is 5.10 Å². The number of pyridine rings is 1. The molecule has 0 aromatic carbocycles. The van der Waals surface area contributed by atoms with Gasteiger partial charge < -0.3 is 10.1 Å². The van der Waals surface area contributed by atoms with Crippen molar-refractivity contribution in [1.29, 1.82) is 0 Å². The van der Waals surface area contributed by atoms with E-state index in [1.165, 1.54) is 0 Å². The van der Waals surface area contributed by atoms with Gasteiger partial charge in [-0.2, -0.15) is 4.98 Å². The van der Waals surface area contributed by atoms with Crippen LogP contribution in [0.25, 0.3) is 5.65 Å². The van der Waals surface area contributed by atoms with Gasteiger partial charge in [-0.25, -0.2) is 4.52 Å². The molecule has 5 heteroatoms. The van der Waals surface area contributed by atoms with Crippen molar-refractivity contribution in [2.75, 3.05) is 18.5 Å². The SMILES string of the molecule is CCOC(C)(C)CNc1nc2ccc(C)cn2n1. The Bertz CT molecular complexity index is 533. The highest BCUT2D eigenvalue weighted by molar-refractivity contribution is 5.44. The first-order valence-electron chi connectivity index (χ1n) is 6.21. The van der Waals surface area contributed by atoms with Crippen molar-refractivity contribution in [3.05, 3.63) is 23.9 Å². The standard InChI is InChI=1S/C13H20N4O/c1-5-18-13(3,4)9-14-12-15-11-7-6-10(2)8-17(11)16-12/h6-8H,5,9H2,1-4H3,(H,14,16). The number of anilines is 1. The summed E-state index contributed by atoms with van der Waals surface area (Å²) < 4.78 is 7.40. The van der Waals surface area contributed by atoms with Gasteiger partial charge in [-0.1, -0.05) is 6.07 Å². The van der Waals surface area contributed by atoms with E-state index in [0.29, 0.717) is 19.1 Å². The Morgan fingerprint density at radius 1 is 1.39 bits per heavy atom. The number of rotatable bonds is 5. The fourth-order valence-corrected chi connectivity index (χ4v) is 1.79. The molecule has 0 spiro atoms. The summed E-state index contributed by atoms with van der Waals surface area (Å²) in [7, 11) is 0. The van der Waals surface area contributed by atoms with Crippen LogP contribution in [0.1, 0.15) is 26.3 Å². The van der Waals surface area contributed by atoms with Crippen molar-refractivity contribution in [1.82, 2.24) is 14.6 Å². The molecular weight excluding hydrogens is 228 g/mol. The Labute approximate surface area is 107 Å². The van der Waals surface area contributed by atoms with Crippen LogP contribution in [0, 0.1) is 6.92 Å². The number of nitrogens with zero attached hydrogens (tertiary/aromatic N) is 3. The first kappa shape index (κ1) is 12.8. The summed E-state index contributed by atoms with van der Waals surface area (Å²) in [5.41, 5.74) is 1.79. The molecule has 1 N–H and O–H groups in total. The predicted molar refractivity (Wildman–Crippen MR) is 71.9 cm³/mol. The molecule has 0 aliphatic carbocycles. The monoisotopic (exact) mass is 248 g/mol. The lowest BCUT2D eigenvalue weighted by Gasteiger charge is -2.24. The third kappa shape index (κ3) is 2.98. The lowest BCUT2D eigenvalue weighted by atomic mass is 10.1. The summed E-state index contributed by atoms with van der Waals surface area (Å²) in [6, 6.07) is 3.99. The lowest BCUT2D eigenvalue weighted by molar-refractivity contribution is 0.000586. The zero-order valence-corrected chi connectivity index (χ0v) is 11.4. The fourth-order valence-electron chi connectivity index (χ4n) is 1.79. The fraction of sp³-hybridized carbons (Fsp3) is 0.538. The summed E-state index contributed by atoms with van der Waals surface area (Å²) in [5, 5.41) is 7.59. The number of aromatic nitrogens is 3. The van der Waals surface area contributed by atoms with Crippen molar-refractivity contribution in [3.63, 3.8) is 0 Å². The summed E-state index contributed by atoms with van der Waals surface area (Å²) in [6.07, 6.45) is 1.96. The normalized spacial score (nSPS) is 12.0. The molecule has 98 valence electrons. The molecule has 2 aromatic rings. The second-order valence-corrected chi connectivity index (χ2v) is 4.99. The molecule has 2 aromatic heterocycles. The van der Waals surface area contributed by atoms with Gasteiger partial charge in [-0.05, 0) is 39.3 Å². The lowest BCUT2D eigenvalue weighted by Crippen LogP contribution is -2.33. The molecule has 0 radical (unpaired) electrons. The van der Waals surface area contributed by atoms with E-state index in [2.05, 4.69) is 15.4 Å². The van der Waals surface area contributed by atoms with Crippen molar-refractivity contribution >= 4 is 11.6 Å². The zero-order valence-electron chi connectivity index (χ0n) is 11.4. The van der Waals surface area contributed by atoms with E-state index in [-0.39, 0.29) is 5.60 Å². The van der Waals surface area contributed by atoms with Crippen molar-refractivity contribution < 1.29 is 4.74 Å². The smallest absolute Gasteiger partial charge is 0.243 e. The number of hydrogen-bond donors (Lipinski definition) is 1. The highest BCUT2D eigenvalue weighted by Crippen LogP contribution is 2.11. The highest BCUT2D eigenvalue weighted by Gasteiger charge is 2.18. The van der Waals surface area contributed by atoms with E-state index in [1.807, 2.05) is 46.0 Å². The average molecular weight is 248 g/mol. The first-order chi connectivity index (χ1) is 8.50. The first-order valence-corrected chi connectivity index (χ1v) is 6.21. The summed E-state index contributed by atoms with van der Waals surface area (Å²) in [6.45, 7) is 9.50. The Morgan fingerprint density at radius 3 is 2.89 bits per heavy atom. The molecule has 0 amide bonds. The maximum absolute atomic E-state index is 5.62. The van der Waals surface area contributed by atoms with E-state index in [1.54, 1.807) is 4.52 Å². The zero-order chi connectivity index (χ0) is 13.2. The van der Waals surface area contributed by atoms with Gasteiger partial charge in [0.1, 0.15) is 0 Å². The second-order valence-electron chi connectivity index (χ2n) is 4.99. The molecule has 0 bridgehead atoms. The molecule has 0 saturated heterocycles. The third-order valence-electron chi connectivity index (χ3n) is 2.69. The highest BCUT2D eigenvalue weighted by atomic mass is 16.5. The second kappa shape index (κ2) is 4.94. The largest absolute Gasteiger partial charge is 0.374 e. The van der Waals surface area contributed by atoms with Crippen molar-refractivity contribution in [2.24, 2.45) is 0 Å². The Hall–Kier alpha value is -1.62. The summed E-state index contributed by atoms with van der Waals surface area (Å²) in [5.74, 6) is 0.633. The number of fused-ring (bicyclic) bond motifs is 1. The molecule has 0 saturated carbocycles. The number of aryl methyl sites for hydroxylation is 1. The van der Waals surface area contributed by atoms with Crippen LogP contribution < -0.4 is 5.32 Å². The molecule has 2 heterocycles. The van der Waals surface area contributed by atoms with E-state index >= 15 is 0 Å². The Kier molecular flexibility index (Phi) is 3.52. The van der Waals surface area contributed by atoms with Crippen LogP contribution in [-0.2, 0) is 4.74 Å². The topological polar surface area (TPSA) is 51.5 Å². The predicted octanol–water partition coefficient (Wildman–Crippen LogP) is 2.26. The van der Waals surface area contributed by atoms with Gasteiger partial charge in [0.2, 0.25) is 5.95 Å². The van der Waals surface area contributed by atoms with Crippen LogP contribution in [0.5, 0.6) is 0 Å². The van der Waals surface area contributed by atoms with Gasteiger partial charge >= 0.3 is 0 Å². The molecular formula is C13H20N4O. The van der Waals surface area contributed by atoms with Gasteiger partial charge in [0, 0.05) is 19.3 Å². The summed E-state index contributed by atoms with van der Waals surface area (Å²) >= 11 is 0. The third-order valence-corrected chi connectivity index (χ3v) is 2.69. The summed E-state index contributed by atoms with van der Waals surface area (Å²) in [4.78, 5) is 4.40. The minimum atomic E-state index is -0.220. The maximum atomic E-state index is 5.62. The molecule has 0 aliphatic rings. The number of ether oxygens (including phenoxy) is 1. The van der Waals surface area contributed by atoms with E-state index in [9.17, 15) is 0 Å². The molecule has 5 nitrogen and oxygen atoms in total. The van der Waals surface area contributed by atoms with Crippen LogP contribution in [0.2, 0.25) is 0 Å². The van der Waals surface area contributed by atoms with Gasteiger partial charge in [0.25, 0.3) is 0 Å².